The Labute approximate surface area is 142 Å². The predicted molar refractivity (Wildman–Crippen MR) is 98.1 cm³/mol. The van der Waals surface area contributed by atoms with E-state index in [1.165, 1.54) is 5.56 Å². The Kier molecular flexibility index (Phi) is 4.70. The molecule has 0 saturated heterocycles. The highest BCUT2D eigenvalue weighted by Gasteiger charge is 2.07. The number of nitrogens with zero attached hydrogens (tertiary/aromatic N) is 3. The monoisotopic (exact) mass is 319 g/mol. The molecule has 1 heterocycles. The minimum absolute atomic E-state index is 0.478. The first-order valence-electron chi connectivity index (χ1n) is 8.05. The topological polar surface area (TPSA) is 62.7 Å². The summed E-state index contributed by atoms with van der Waals surface area (Å²) < 4.78 is 0. The van der Waals surface area contributed by atoms with Crippen LogP contribution in [0.5, 0.6) is 0 Å². The van der Waals surface area contributed by atoms with Gasteiger partial charge >= 0.3 is 0 Å². The van der Waals surface area contributed by atoms with Crippen LogP contribution in [0.25, 0.3) is 0 Å². The van der Waals surface area contributed by atoms with Gasteiger partial charge in [-0.15, -0.1) is 5.10 Å². The number of nitrogens with one attached hydrogen (secondary N) is 2. The zero-order chi connectivity index (χ0) is 16.9. The van der Waals surface area contributed by atoms with E-state index in [0.717, 1.165) is 28.9 Å². The van der Waals surface area contributed by atoms with Crippen LogP contribution in [0.1, 0.15) is 23.6 Å². The Hall–Kier alpha value is -2.95. The van der Waals surface area contributed by atoms with Gasteiger partial charge in [-0.05, 0) is 43.0 Å². The van der Waals surface area contributed by atoms with Gasteiger partial charge in [0.2, 0.25) is 5.95 Å². The third-order valence-corrected chi connectivity index (χ3v) is 3.94. The molecule has 0 unspecified atom stereocenters. The van der Waals surface area contributed by atoms with Crippen LogP contribution in [-0.2, 0) is 6.42 Å². The Morgan fingerprint density at radius 2 is 1.67 bits per heavy atom. The number of para-hydroxylation sites is 2. The Morgan fingerprint density at radius 1 is 0.917 bits per heavy atom. The number of anilines is 4. The predicted octanol–water partition coefficient (Wildman–Crippen LogP) is 4.54. The summed E-state index contributed by atoms with van der Waals surface area (Å²) in [5.74, 6) is 1.14. The van der Waals surface area contributed by atoms with Crippen LogP contribution in [0.4, 0.5) is 23.1 Å². The fourth-order valence-corrected chi connectivity index (χ4v) is 2.63. The average Bonchev–Trinajstić information content (AvgIpc) is 2.59. The first kappa shape index (κ1) is 15.9. The van der Waals surface area contributed by atoms with Gasteiger partial charge < -0.3 is 10.6 Å². The number of hydrogen-bond donors (Lipinski definition) is 2. The molecule has 0 bridgehead atoms. The SMILES string of the molecule is CCc1ccccc1Nc1cnnc(Nc2c(C)cccc2C)n1. The number of aryl methyl sites for hydroxylation is 3. The zero-order valence-electron chi connectivity index (χ0n) is 14.2. The summed E-state index contributed by atoms with van der Waals surface area (Å²) in [7, 11) is 0. The minimum Gasteiger partial charge on any atom is -0.339 e. The van der Waals surface area contributed by atoms with Crippen LogP contribution in [0, 0.1) is 13.8 Å². The molecule has 0 radical (unpaired) electrons. The summed E-state index contributed by atoms with van der Waals surface area (Å²) >= 11 is 0. The largest absolute Gasteiger partial charge is 0.339 e. The zero-order valence-corrected chi connectivity index (χ0v) is 14.2. The maximum absolute atomic E-state index is 4.53. The second kappa shape index (κ2) is 7.08. The molecule has 0 amide bonds. The van der Waals surface area contributed by atoms with E-state index >= 15 is 0 Å². The molecule has 0 aliphatic carbocycles. The van der Waals surface area contributed by atoms with Crippen LogP contribution >= 0.6 is 0 Å². The highest BCUT2D eigenvalue weighted by Crippen LogP contribution is 2.24. The molecular formula is C19H21N5. The first-order chi connectivity index (χ1) is 11.7. The normalized spacial score (nSPS) is 10.5. The van der Waals surface area contributed by atoms with Crippen LogP contribution in [0.3, 0.4) is 0 Å². The van der Waals surface area contributed by atoms with Crippen molar-refractivity contribution in [1.82, 2.24) is 15.2 Å². The van der Waals surface area contributed by atoms with Crippen molar-refractivity contribution in [3.05, 3.63) is 65.4 Å². The van der Waals surface area contributed by atoms with Gasteiger partial charge in [-0.25, -0.2) is 0 Å². The molecule has 0 fully saturated rings. The van der Waals surface area contributed by atoms with Crippen molar-refractivity contribution in [3.63, 3.8) is 0 Å². The number of benzene rings is 2. The number of hydrogen-bond acceptors (Lipinski definition) is 5. The molecule has 2 N–H and O–H groups in total. The van der Waals surface area contributed by atoms with E-state index in [4.69, 9.17) is 0 Å². The molecular weight excluding hydrogens is 298 g/mol. The molecule has 2 aromatic carbocycles. The van der Waals surface area contributed by atoms with Crippen molar-refractivity contribution < 1.29 is 0 Å². The second-order valence-corrected chi connectivity index (χ2v) is 5.69. The molecule has 5 nitrogen and oxygen atoms in total. The lowest BCUT2D eigenvalue weighted by molar-refractivity contribution is 0.980. The summed E-state index contributed by atoms with van der Waals surface area (Å²) in [5, 5.41) is 14.7. The first-order valence-corrected chi connectivity index (χ1v) is 8.05. The second-order valence-electron chi connectivity index (χ2n) is 5.69. The molecule has 24 heavy (non-hydrogen) atoms. The Morgan fingerprint density at radius 3 is 2.42 bits per heavy atom. The van der Waals surface area contributed by atoms with E-state index < -0.39 is 0 Å². The molecule has 0 atom stereocenters. The molecule has 122 valence electrons. The number of aromatic nitrogens is 3. The van der Waals surface area contributed by atoms with Gasteiger partial charge in [-0.2, -0.15) is 10.1 Å². The highest BCUT2D eigenvalue weighted by molar-refractivity contribution is 5.64. The highest BCUT2D eigenvalue weighted by atomic mass is 15.3. The Balaban J connectivity index is 1.84. The molecule has 1 aromatic heterocycles. The minimum atomic E-state index is 0.478. The van der Waals surface area contributed by atoms with E-state index in [9.17, 15) is 0 Å². The van der Waals surface area contributed by atoms with Gasteiger partial charge in [-0.1, -0.05) is 43.3 Å². The quantitative estimate of drug-likeness (QED) is 0.723. The third kappa shape index (κ3) is 3.51. The smallest absolute Gasteiger partial charge is 0.249 e. The average molecular weight is 319 g/mol. The molecule has 0 spiro atoms. The molecule has 5 heteroatoms. The lowest BCUT2D eigenvalue weighted by atomic mass is 10.1. The number of rotatable bonds is 5. The van der Waals surface area contributed by atoms with Crippen LogP contribution in [-0.4, -0.2) is 15.2 Å². The fraction of sp³-hybridized carbons (Fsp3) is 0.211. The van der Waals surface area contributed by atoms with Crippen LogP contribution in [0.2, 0.25) is 0 Å². The summed E-state index contributed by atoms with van der Waals surface area (Å²) in [6, 6.07) is 14.3. The van der Waals surface area contributed by atoms with E-state index in [1.54, 1.807) is 6.20 Å². The van der Waals surface area contributed by atoms with Gasteiger partial charge in [0, 0.05) is 11.4 Å². The van der Waals surface area contributed by atoms with Crippen LogP contribution < -0.4 is 10.6 Å². The Bertz CT molecular complexity index is 824. The van der Waals surface area contributed by atoms with Crippen molar-refractivity contribution in [2.24, 2.45) is 0 Å². The van der Waals surface area contributed by atoms with Gasteiger partial charge in [0.1, 0.15) is 0 Å². The van der Waals surface area contributed by atoms with E-state index in [1.807, 2.05) is 24.3 Å². The standard InChI is InChI=1S/C19H21N5/c1-4-15-10-5-6-11-16(15)21-17-12-20-24-19(22-17)23-18-13(2)8-7-9-14(18)3/h5-12H,4H2,1-3H3,(H2,21,22,23,24). The maximum Gasteiger partial charge on any atom is 0.249 e. The van der Waals surface area contributed by atoms with Gasteiger partial charge in [0.15, 0.2) is 5.82 Å². The molecule has 0 saturated carbocycles. The van der Waals surface area contributed by atoms with E-state index in [2.05, 4.69) is 64.8 Å². The van der Waals surface area contributed by atoms with Crippen molar-refractivity contribution in [1.29, 1.82) is 0 Å². The van der Waals surface area contributed by atoms with E-state index in [0.29, 0.717) is 11.8 Å². The fourth-order valence-electron chi connectivity index (χ4n) is 2.63. The lowest BCUT2D eigenvalue weighted by Gasteiger charge is -2.13. The maximum atomic E-state index is 4.53. The summed E-state index contributed by atoms with van der Waals surface area (Å²) in [6.07, 6.45) is 2.58. The van der Waals surface area contributed by atoms with Crippen molar-refractivity contribution in [2.75, 3.05) is 10.6 Å². The van der Waals surface area contributed by atoms with Crippen LogP contribution in [0.15, 0.2) is 48.7 Å². The van der Waals surface area contributed by atoms with Gasteiger partial charge in [-0.3, -0.25) is 0 Å². The van der Waals surface area contributed by atoms with Crippen molar-refractivity contribution in [3.8, 4) is 0 Å². The lowest BCUT2D eigenvalue weighted by Crippen LogP contribution is -2.05. The summed E-state index contributed by atoms with van der Waals surface area (Å²) in [4.78, 5) is 4.53. The van der Waals surface area contributed by atoms with Crippen molar-refractivity contribution >= 4 is 23.1 Å². The molecule has 0 aliphatic rings. The van der Waals surface area contributed by atoms with Gasteiger partial charge in [0.05, 0.1) is 6.20 Å². The van der Waals surface area contributed by atoms with Crippen molar-refractivity contribution in [2.45, 2.75) is 27.2 Å². The third-order valence-electron chi connectivity index (χ3n) is 3.94. The molecule has 3 aromatic rings. The van der Waals surface area contributed by atoms with E-state index in [-0.39, 0.29) is 0 Å². The molecule has 3 rings (SSSR count). The molecule has 0 aliphatic heterocycles. The summed E-state index contributed by atoms with van der Waals surface area (Å²) in [6.45, 7) is 6.25. The summed E-state index contributed by atoms with van der Waals surface area (Å²) in [5.41, 5.74) is 5.59. The van der Waals surface area contributed by atoms with Gasteiger partial charge in [0.25, 0.3) is 0 Å².